The van der Waals surface area contributed by atoms with E-state index in [0.29, 0.717) is 15.8 Å². The lowest BCUT2D eigenvalue weighted by molar-refractivity contribution is 0.0982. The van der Waals surface area contributed by atoms with E-state index in [2.05, 4.69) is 0 Å². The molecule has 0 amide bonds. The van der Waals surface area contributed by atoms with Gasteiger partial charge in [0.25, 0.3) is 5.95 Å². The van der Waals surface area contributed by atoms with Crippen molar-refractivity contribution in [1.82, 2.24) is 0 Å². The molecule has 0 aliphatic heterocycles. The van der Waals surface area contributed by atoms with E-state index in [1.807, 2.05) is 0 Å². The molecule has 0 fully saturated rings. The van der Waals surface area contributed by atoms with E-state index in [9.17, 15) is 4.79 Å². The highest BCUT2D eigenvalue weighted by molar-refractivity contribution is 6.34. The van der Waals surface area contributed by atoms with Crippen LogP contribution in [0.1, 0.15) is 17.5 Å². The molecule has 0 saturated heterocycles. The van der Waals surface area contributed by atoms with Crippen molar-refractivity contribution in [2.45, 2.75) is 6.92 Å². The first-order chi connectivity index (χ1) is 8.04. The van der Waals surface area contributed by atoms with Crippen LogP contribution in [0.15, 0.2) is 34.7 Å². The molecule has 0 atom stereocenters. The largest absolute Gasteiger partial charge is 0.426 e. The van der Waals surface area contributed by atoms with Crippen LogP contribution in [0, 0.1) is 0 Å². The average Bonchev–Trinajstić information content (AvgIpc) is 2.64. The number of rotatable bonds is 3. The Morgan fingerprint density at radius 2 is 1.82 bits per heavy atom. The molecular weight excluding hydrogens is 263 g/mol. The zero-order valence-electron chi connectivity index (χ0n) is 8.87. The van der Waals surface area contributed by atoms with Crippen molar-refractivity contribution in [2.75, 3.05) is 0 Å². The fraction of sp³-hybridized carbons (Fsp3) is 0.0833. The number of hydrogen-bond donors (Lipinski definition) is 0. The summed E-state index contributed by atoms with van der Waals surface area (Å²) in [5, 5.41) is 0.927. The minimum atomic E-state index is -0.163. The summed E-state index contributed by atoms with van der Waals surface area (Å²) < 4.78 is 10.6. The molecule has 2 aromatic rings. The first kappa shape index (κ1) is 12.0. The molecule has 0 aliphatic rings. The van der Waals surface area contributed by atoms with Gasteiger partial charge in [0, 0.05) is 23.0 Å². The number of ketones is 1. The van der Waals surface area contributed by atoms with E-state index in [1.54, 1.807) is 30.3 Å². The number of halogens is 2. The van der Waals surface area contributed by atoms with E-state index in [-0.39, 0.29) is 17.5 Å². The highest BCUT2D eigenvalue weighted by Gasteiger charge is 2.08. The summed E-state index contributed by atoms with van der Waals surface area (Å²) in [5.74, 6) is 0.748. The van der Waals surface area contributed by atoms with Crippen LogP contribution in [0.5, 0.6) is 11.7 Å². The van der Waals surface area contributed by atoms with E-state index in [1.165, 1.54) is 6.92 Å². The fourth-order valence-corrected chi connectivity index (χ4v) is 1.77. The van der Waals surface area contributed by atoms with Crippen LogP contribution in [-0.2, 0) is 0 Å². The number of furan rings is 1. The lowest BCUT2D eigenvalue weighted by Crippen LogP contribution is -1.86. The summed E-state index contributed by atoms with van der Waals surface area (Å²) in [6.45, 7) is 1.42. The molecule has 0 bridgehead atoms. The minimum Gasteiger partial charge on any atom is -0.426 e. The Hall–Kier alpha value is -1.45. The second-order valence-electron chi connectivity index (χ2n) is 3.38. The molecule has 88 valence electrons. The van der Waals surface area contributed by atoms with Crippen LogP contribution in [-0.4, -0.2) is 5.78 Å². The van der Waals surface area contributed by atoms with Gasteiger partial charge in [0.05, 0.1) is 0 Å². The van der Waals surface area contributed by atoms with Crippen LogP contribution in [0.2, 0.25) is 10.0 Å². The summed E-state index contributed by atoms with van der Waals surface area (Å²) in [7, 11) is 0. The van der Waals surface area contributed by atoms with Gasteiger partial charge in [-0.2, -0.15) is 0 Å². The number of benzene rings is 1. The Labute approximate surface area is 108 Å². The molecule has 0 radical (unpaired) electrons. The van der Waals surface area contributed by atoms with Crippen molar-refractivity contribution in [2.24, 2.45) is 0 Å². The standard InChI is InChI=1S/C12H8Cl2O3/c1-7(15)11-2-3-12(17-11)16-10-5-8(13)4-9(14)6-10/h2-6H,1H3. The molecule has 0 unspecified atom stereocenters. The predicted molar refractivity (Wildman–Crippen MR) is 65.2 cm³/mol. The maximum atomic E-state index is 11.0. The topological polar surface area (TPSA) is 39.4 Å². The summed E-state index contributed by atoms with van der Waals surface area (Å²) in [5.41, 5.74) is 0. The van der Waals surface area contributed by atoms with Crippen LogP contribution >= 0.6 is 23.2 Å². The molecule has 0 saturated carbocycles. The first-order valence-corrected chi connectivity index (χ1v) is 5.55. The molecule has 3 nitrogen and oxygen atoms in total. The molecule has 1 aromatic carbocycles. The van der Waals surface area contributed by atoms with E-state index in [4.69, 9.17) is 32.4 Å². The molecule has 0 aliphatic carbocycles. The third-order valence-corrected chi connectivity index (χ3v) is 2.42. The van der Waals surface area contributed by atoms with Crippen LogP contribution in [0.25, 0.3) is 0 Å². The zero-order valence-corrected chi connectivity index (χ0v) is 10.4. The monoisotopic (exact) mass is 270 g/mol. The van der Waals surface area contributed by atoms with Crippen molar-refractivity contribution in [3.63, 3.8) is 0 Å². The Kier molecular flexibility index (Phi) is 3.41. The van der Waals surface area contributed by atoms with Crippen LogP contribution < -0.4 is 4.74 Å². The number of Topliss-reactive ketones (excluding diaryl/α,β-unsaturated/α-hetero) is 1. The van der Waals surface area contributed by atoms with Gasteiger partial charge in [-0.15, -0.1) is 0 Å². The summed E-state index contributed by atoms with van der Waals surface area (Å²) in [4.78, 5) is 11.0. The first-order valence-electron chi connectivity index (χ1n) is 4.79. The normalized spacial score (nSPS) is 10.3. The molecule has 1 heterocycles. The van der Waals surface area contributed by atoms with Gasteiger partial charge in [-0.1, -0.05) is 23.2 Å². The molecule has 1 aromatic heterocycles. The van der Waals surface area contributed by atoms with Crippen molar-refractivity contribution in [3.05, 3.63) is 46.1 Å². The van der Waals surface area contributed by atoms with Gasteiger partial charge in [0.2, 0.25) is 0 Å². The number of ether oxygens (including phenoxy) is 1. The highest BCUT2D eigenvalue weighted by Crippen LogP contribution is 2.29. The Morgan fingerprint density at radius 1 is 1.18 bits per heavy atom. The molecule has 2 rings (SSSR count). The highest BCUT2D eigenvalue weighted by atomic mass is 35.5. The third kappa shape index (κ3) is 3.02. The van der Waals surface area contributed by atoms with Gasteiger partial charge in [0.1, 0.15) is 5.75 Å². The zero-order chi connectivity index (χ0) is 12.4. The minimum absolute atomic E-state index is 0.163. The van der Waals surface area contributed by atoms with Crippen molar-refractivity contribution >= 4 is 29.0 Å². The molecule has 5 heteroatoms. The second kappa shape index (κ2) is 4.82. The maximum Gasteiger partial charge on any atom is 0.290 e. The van der Waals surface area contributed by atoms with Gasteiger partial charge in [-0.05, 0) is 24.3 Å². The summed E-state index contributed by atoms with van der Waals surface area (Å²) in [6, 6.07) is 7.90. The van der Waals surface area contributed by atoms with Gasteiger partial charge in [0.15, 0.2) is 11.5 Å². The molecule has 0 N–H and O–H groups in total. The van der Waals surface area contributed by atoms with E-state index >= 15 is 0 Å². The Morgan fingerprint density at radius 3 is 2.35 bits per heavy atom. The van der Waals surface area contributed by atoms with E-state index < -0.39 is 0 Å². The fourth-order valence-electron chi connectivity index (χ4n) is 1.27. The Balaban J connectivity index is 2.22. The van der Waals surface area contributed by atoms with Gasteiger partial charge in [-0.25, -0.2) is 0 Å². The van der Waals surface area contributed by atoms with Crippen molar-refractivity contribution in [3.8, 4) is 11.7 Å². The van der Waals surface area contributed by atoms with Crippen molar-refractivity contribution in [1.29, 1.82) is 0 Å². The molecule has 0 spiro atoms. The molecule has 17 heavy (non-hydrogen) atoms. The third-order valence-electron chi connectivity index (χ3n) is 1.98. The van der Waals surface area contributed by atoms with Gasteiger partial charge in [-0.3, -0.25) is 4.79 Å². The number of hydrogen-bond acceptors (Lipinski definition) is 3. The second-order valence-corrected chi connectivity index (χ2v) is 4.25. The number of carbonyl (C=O) groups excluding carboxylic acids is 1. The quantitative estimate of drug-likeness (QED) is 0.767. The summed E-state index contributed by atoms with van der Waals surface area (Å²) in [6.07, 6.45) is 0. The smallest absolute Gasteiger partial charge is 0.290 e. The average molecular weight is 271 g/mol. The number of carbonyl (C=O) groups is 1. The maximum absolute atomic E-state index is 11.0. The van der Waals surface area contributed by atoms with E-state index in [0.717, 1.165) is 0 Å². The SMILES string of the molecule is CC(=O)c1ccc(Oc2cc(Cl)cc(Cl)c2)o1. The van der Waals surface area contributed by atoms with Crippen LogP contribution in [0.3, 0.4) is 0 Å². The predicted octanol–water partition coefficient (Wildman–Crippen LogP) is 4.58. The van der Waals surface area contributed by atoms with Gasteiger partial charge < -0.3 is 9.15 Å². The Bertz CT molecular complexity index is 540. The summed E-state index contributed by atoms with van der Waals surface area (Å²) >= 11 is 11.6. The molecular formula is C12H8Cl2O3. The van der Waals surface area contributed by atoms with Crippen LogP contribution in [0.4, 0.5) is 0 Å². The van der Waals surface area contributed by atoms with Gasteiger partial charge >= 0.3 is 0 Å². The lowest BCUT2D eigenvalue weighted by atomic mass is 10.3. The van der Waals surface area contributed by atoms with Crippen molar-refractivity contribution < 1.29 is 13.9 Å². The lowest BCUT2D eigenvalue weighted by Gasteiger charge is -2.03.